The Morgan fingerprint density at radius 3 is 2.95 bits per heavy atom. The number of fused-ring (bicyclic) bond motifs is 1. The number of hydrogen-bond acceptors (Lipinski definition) is 4. The first-order valence-corrected chi connectivity index (χ1v) is 5.82. The number of hydrogen-bond donors (Lipinski definition) is 2. The van der Waals surface area contributed by atoms with Crippen molar-refractivity contribution in [2.75, 3.05) is 5.73 Å². The molecule has 0 radical (unpaired) electrons. The SMILES string of the molecule is [2H]c1ccc(N)c2c1C(=O)N(C1CCC(=O)NC1=O)C2([2H])[2H]. The molecule has 1 atom stereocenters. The molecular formula is C13H13N3O3. The fraction of sp³-hybridized carbons (Fsp3) is 0.308. The van der Waals surface area contributed by atoms with Crippen LogP contribution in [0.3, 0.4) is 0 Å². The Bertz CT molecular complexity index is 720. The van der Waals surface area contributed by atoms with Crippen molar-refractivity contribution in [3.63, 3.8) is 0 Å². The minimum absolute atomic E-state index is 0.0236. The molecule has 3 rings (SSSR count). The average Bonchev–Trinajstić information content (AvgIpc) is 2.63. The molecule has 1 aromatic rings. The Balaban J connectivity index is 2.11. The molecule has 0 spiro atoms. The van der Waals surface area contributed by atoms with Gasteiger partial charge in [-0.05, 0) is 18.5 Å². The molecule has 1 unspecified atom stereocenters. The van der Waals surface area contributed by atoms with Gasteiger partial charge in [0.05, 0.1) is 4.11 Å². The predicted octanol–water partition coefficient (Wildman–Crippen LogP) is 0.0298. The van der Waals surface area contributed by atoms with E-state index in [1.54, 1.807) is 0 Å². The maximum Gasteiger partial charge on any atom is 0.255 e. The summed E-state index contributed by atoms with van der Waals surface area (Å²) in [4.78, 5) is 36.5. The summed E-state index contributed by atoms with van der Waals surface area (Å²) >= 11 is 0. The third-order valence-corrected chi connectivity index (χ3v) is 3.22. The molecule has 19 heavy (non-hydrogen) atoms. The normalized spacial score (nSPS) is 27.4. The van der Waals surface area contributed by atoms with Gasteiger partial charge in [0.25, 0.3) is 5.91 Å². The standard InChI is InChI=1S/C13H13N3O3/c14-9-3-1-2-7-8(9)6-16(13(7)19)10-4-5-11(17)15-12(10)18/h1-3,10H,4-6,14H2,(H,15,17,18)/i2D,6D2. The number of nitrogens with zero attached hydrogens (tertiary/aromatic N) is 1. The van der Waals surface area contributed by atoms with Gasteiger partial charge in [-0.1, -0.05) is 6.07 Å². The van der Waals surface area contributed by atoms with Crippen molar-refractivity contribution in [1.29, 1.82) is 0 Å². The lowest BCUT2D eigenvalue weighted by Gasteiger charge is -2.29. The van der Waals surface area contributed by atoms with Crippen LogP contribution >= 0.6 is 0 Å². The van der Waals surface area contributed by atoms with Crippen LogP contribution in [0.1, 0.15) is 32.9 Å². The highest BCUT2D eigenvalue weighted by molar-refractivity contribution is 6.06. The van der Waals surface area contributed by atoms with Crippen LogP contribution < -0.4 is 11.1 Å². The number of nitrogens with two attached hydrogens (primary N) is 1. The summed E-state index contributed by atoms with van der Waals surface area (Å²) in [6.45, 7) is -2.31. The summed E-state index contributed by atoms with van der Waals surface area (Å²) in [6, 6.07) is 1.43. The van der Waals surface area contributed by atoms with Gasteiger partial charge in [-0.25, -0.2) is 0 Å². The van der Waals surface area contributed by atoms with Crippen molar-refractivity contribution in [2.24, 2.45) is 0 Å². The smallest absolute Gasteiger partial charge is 0.255 e. The van der Waals surface area contributed by atoms with Gasteiger partial charge in [0.2, 0.25) is 11.8 Å². The molecular weight excluding hydrogens is 246 g/mol. The zero-order valence-electron chi connectivity index (χ0n) is 12.9. The van der Waals surface area contributed by atoms with Crippen LogP contribution in [0.2, 0.25) is 0 Å². The molecule has 98 valence electrons. The van der Waals surface area contributed by atoms with Gasteiger partial charge in [0, 0.05) is 29.7 Å². The molecule has 0 saturated carbocycles. The summed E-state index contributed by atoms with van der Waals surface area (Å²) in [5.41, 5.74) is 5.61. The van der Waals surface area contributed by atoms with Crippen LogP contribution in [0.4, 0.5) is 5.69 Å². The van der Waals surface area contributed by atoms with Crippen molar-refractivity contribution in [3.05, 3.63) is 29.3 Å². The van der Waals surface area contributed by atoms with E-state index in [9.17, 15) is 14.4 Å². The monoisotopic (exact) mass is 262 g/mol. The topological polar surface area (TPSA) is 92.5 Å². The van der Waals surface area contributed by atoms with Gasteiger partial charge in [0.15, 0.2) is 0 Å². The quantitative estimate of drug-likeness (QED) is 0.551. The van der Waals surface area contributed by atoms with Crippen LogP contribution in [0.5, 0.6) is 0 Å². The fourth-order valence-corrected chi connectivity index (χ4v) is 2.24. The first-order chi connectivity index (χ1) is 10.2. The van der Waals surface area contributed by atoms with E-state index in [0.717, 1.165) is 4.90 Å². The van der Waals surface area contributed by atoms with E-state index in [-0.39, 0.29) is 35.7 Å². The number of nitrogens with one attached hydrogen (secondary N) is 1. The zero-order chi connectivity index (χ0) is 16.2. The Morgan fingerprint density at radius 1 is 1.47 bits per heavy atom. The van der Waals surface area contributed by atoms with Gasteiger partial charge in [-0.15, -0.1) is 0 Å². The van der Waals surface area contributed by atoms with Gasteiger partial charge >= 0.3 is 0 Å². The summed E-state index contributed by atoms with van der Waals surface area (Å²) in [6.07, 6.45) is 0.0625. The van der Waals surface area contributed by atoms with E-state index in [1.807, 2.05) is 0 Å². The van der Waals surface area contributed by atoms with E-state index in [4.69, 9.17) is 9.85 Å². The highest BCUT2D eigenvalue weighted by Crippen LogP contribution is 2.30. The summed E-state index contributed by atoms with van der Waals surface area (Å²) in [5, 5.41) is 2.10. The highest BCUT2D eigenvalue weighted by atomic mass is 16.2. The predicted molar refractivity (Wildman–Crippen MR) is 66.9 cm³/mol. The van der Waals surface area contributed by atoms with Crippen LogP contribution in [0, 0.1) is 0 Å². The minimum atomic E-state index is -2.31. The molecule has 0 bridgehead atoms. The second kappa shape index (κ2) is 4.08. The van der Waals surface area contributed by atoms with Crippen molar-refractivity contribution in [1.82, 2.24) is 10.2 Å². The van der Waals surface area contributed by atoms with E-state index in [2.05, 4.69) is 5.32 Å². The lowest BCUT2D eigenvalue weighted by atomic mass is 10.0. The number of carbonyl (C=O) groups is 3. The maximum absolute atomic E-state index is 12.6. The van der Waals surface area contributed by atoms with Crippen LogP contribution in [-0.4, -0.2) is 28.7 Å². The molecule has 1 saturated heterocycles. The van der Waals surface area contributed by atoms with E-state index >= 15 is 0 Å². The van der Waals surface area contributed by atoms with Gasteiger partial charge in [-0.3, -0.25) is 19.7 Å². The Hall–Kier alpha value is -2.37. The number of nitrogen functional groups attached to an aromatic ring is 1. The molecule has 0 aromatic heterocycles. The number of amides is 3. The Kier molecular flexibility index (Phi) is 1.87. The fourth-order valence-electron chi connectivity index (χ4n) is 2.24. The molecule has 6 nitrogen and oxygen atoms in total. The van der Waals surface area contributed by atoms with Crippen molar-refractivity contribution in [3.8, 4) is 0 Å². The number of benzene rings is 1. The number of rotatable bonds is 1. The molecule has 2 aliphatic heterocycles. The summed E-state index contributed by atoms with van der Waals surface area (Å²) in [7, 11) is 0. The van der Waals surface area contributed by atoms with Crippen LogP contribution in [-0.2, 0) is 16.1 Å². The van der Waals surface area contributed by atoms with E-state index in [0.29, 0.717) is 0 Å². The lowest BCUT2D eigenvalue weighted by molar-refractivity contribution is -0.136. The molecule has 3 N–H and O–H groups in total. The molecule has 1 fully saturated rings. The molecule has 3 amide bonds. The minimum Gasteiger partial charge on any atom is -0.398 e. The molecule has 6 heteroatoms. The van der Waals surface area contributed by atoms with Gasteiger partial charge in [0.1, 0.15) is 6.04 Å². The second-order valence-electron chi connectivity index (χ2n) is 4.44. The first-order valence-electron chi connectivity index (χ1n) is 7.32. The molecule has 0 aliphatic carbocycles. The second-order valence-corrected chi connectivity index (χ2v) is 4.44. The average molecular weight is 262 g/mol. The number of anilines is 1. The van der Waals surface area contributed by atoms with Crippen LogP contribution in [0.15, 0.2) is 18.2 Å². The van der Waals surface area contributed by atoms with E-state index in [1.165, 1.54) is 12.1 Å². The number of piperidine rings is 1. The summed E-state index contributed by atoms with van der Waals surface area (Å²) < 4.78 is 24.2. The summed E-state index contributed by atoms with van der Waals surface area (Å²) in [5.74, 6) is -1.93. The van der Waals surface area contributed by atoms with E-state index < -0.39 is 30.3 Å². The Morgan fingerprint density at radius 2 is 2.26 bits per heavy atom. The highest BCUT2D eigenvalue weighted by Gasteiger charge is 2.39. The van der Waals surface area contributed by atoms with Gasteiger partial charge in [-0.2, -0.15) is 0 Å². The third kappa shape index (κ3) is 1.76. The number of carbonyl (C=O) groups excluding carboxylic acids is 3. The molecule has 1 aromatic carbocycles. The first kappa shape index (κ1) is 8.68. The maximum atomic E-state index is 12.6. The van der Waals surface area contributed by atoms with Gasteiger partial charge < -0.3 is 10.6 Å². The molecule has 2 heterocycles. The molecule has 2 aliphatic rings. The van der Waals surface area contributed by atoms with Crippen molar-refractivity contribution >= 4 is 23.4 Å². The Labute approximate surface area is 113 Å². The van der Waals surface area contributed by atoms with Crippen LogP contribution in [0.25, 0.3) is 0 Å². The third-order valence-electron chi connectivity index (χ3n) is 3.22. The largest absolute Gasteiger partial charge is 0.398 e. The van der Waals surface area contributed by atoms with Crippen molar-refractivity contribution in [2.45, 2.75) is 25.4 Å². The zero-order valence-corrected chi connectivity index (χ0v) is 9.90. The lowest BCUT2D eigenvalue weighted by Crippen LogP contribution is -2.52. The number of imide groups is 1. The van der Waals surface area contributed by atoms with Crippen molar-refractivity contribution < 1.29 is 18.5 Å².